The molecule has 1 aromatic carbocycles. The molecule has 90 valence electrons. The van der Waals surface area contributed by atoms with Gasteiger partial charge in [-0.2, -0.15) is 0 Å². The lowest BCUT2D eigenvalue weighted by molar-refractivity contribution is 0.344. The maximum Gasteiger partial charge on any atom is 0.198 e. The maximum absolute atomic E-state index is 5.98. The fraction of sp³-hybridized carbons (Fsp3) is 0. The van der Waals surface area contributed by atoms with Crippen molar-refractivity contribution in [3.63, 3.8) is 0 Å². The zero-order chi connectivity index (χ0) is 12.4. The van der Waals surface area contributed by atoms with Crippen LogP contribution in [0.4, 0.5) is 0 Å². The zero-order valence-corrected chi connectivity index (χ0v) is 12.1. The van der Waals surface area contributed by atoms with E-state index >= 15 is 0 Å². The Balaban J connectivity index is 1.92. The van der Waals surface area contributed by atoms with Gasteiger partial charge in [0.25, 0.3) is 0 Å². The fourth-order valence-corrected chi connectivity index (χ4v) is 3.88. The summed E-state index contributed by atoms with van der Waals surface area (Å²) in [4.78, 5) is 9.42. The quantitative estimate of drug-likeness (QED) is 0.758. The molecule has 3 nitrogen and oxygen atoms in total. The predicted octanol–water partition coefficient (Wildman–Crippen LogP) is 3.58. The molecule has 0 saturated carbocycles. The third-order valence-corrected chi connectivity index (χ3v) is 5.23. The molecule has 2 aromatic rings. The van der Waals surface area contributed by atoms with Crippen LogP contribution in [0.2, 0.25) is 5.02 Å². The monoisotopic (exact) mass is 370 g/mol. The molecule has 1 aromatic heterocycles. The van der Waals surface area contributed by atoms with E-state index in [0.717, 1.165) is 23.6 Å². The minimum atomic E-state index is -0.402. The summed E-state index contributed by atoms with van der Waals surface area (Å²) < 4.78 is 1.95. The molecule has 1 aliphatic heterocycles. The molecule has 0 N–H and O–H groups in total. The van der Waals surface area contributed by atoms with Crippen molar-refractivity contribution in [1.29, 1.82) is 0 Å². The second kappa shape index (κ2) is 5.16. The van der Waals surface area contributed by atoms with Crippen LogP contribution in [0.5, 0.6) is 0 Å². The molecular weight excluding hydrogens is 363 g/mol. The van der Waals surface area contributed by atoms with Crippen LogP contribution in [0.3, 0.4) is 0 Å². The minimum absolute atomic E-state index is 0.402. The van der Waals surface area contributed by atoms with E-state index in [9.17, 15) is 0 Å². The predicted molar refractivity (Wildman–Crippen MR) is 81.4 cm³/mol. The number of hydrogen-bond donors (Lipinski definition) is 0. The van der Waals surface area contributed by atoms with Gasteiger partial charge in [-0.15, -0.1) is 0 Å². The van der Waals surface area contributed by atoms with Gasteiger partial charge < -0.3 is 4.84 Å². The third kappa shape index (κ3) is 2.44. The number of nitrogens with zero attached hydrogens (tertiary/aromatic N) is 2. The van der Waals surface area contributed by atoms with E-state index in [4.69, 9.17) is 16.4 Å². The molecule has 0 spiro atoms. The Morgan fingerprint density at radius 1 is 1.06 bits per heavy atom. The van der Waals surface area contributed by atoms with Crippen molar-refractivity contribution in [1.82, 2.24) is 4.98 Å². The van der Waals surface area contributed by atoms with Gasteiger partial charge in [0.15, 0.2) is 3.69 Å². The first-order valence-corrected chi connectivity index (χ1v) is 7.79. The summed E-state index contributed by atoms with van der Waals surface area (Å²) in [6, 6.07) is 11.6. The van der Waals surface area contributed by atoms with Crippen LogP contribution in [-0.4, -0.2) is 12.4 Å². The summed E-state index contributed by atoms with van der Waals surface area (Å²) in [5.41, 5.74) is 2.10. The van der Waals surface area contributed by atoms with Crippen LogP contribution < -0.4 is 0 Å². The average Bonchev–Trinajstić information content (AvgIpc) is 2.89. The van der Waals surface area contributed by atoms with Crippen molar-refractivity contribution in [2.45, 2.75) is 0 Å². The Morgan fingerprint density at radius 3 is 2.67 bits per heavy atom. The Labute approximate surface area is 119 Å². The van der Waals surface area contributed by atoms with Gasteiger partial charge in [0.05, 0.1) is 0 Å². The highest BCUT2D eigenvalue weighted by Crippen LogP contribution is 2.25. The summed E-state index contributed by atoms with van der Waals surface area (Å²) in [5, 5.41) is 4.87. The molecule has 18 heavy (non-hydrogen) atoms. The number of hydrogen-bond acceptors (Lipinski definition) is 3. The molecule has 3 rings (SSSR count). The van der Waals surface area contributed by atoms with Crippen molar-refractivity contribution in [3.8, 4) is 0 Å². The van der Waals surface area contributed by atoms with E-state index in [1.165, 1.54) is 0 Å². The Hall–Kier alpha value is -1.27. The van der Waals surface area contributed by atoms with Gasteiger partial charge in [0, 0.05) is 28.5 Å². The number of pyridine rings is 1. The molecule has 2 heterocycles. The van der Waals surface area contributed by atoms with Gasteiger partial charge in [-0.3, -0.25) is 4.98 Å². The molecule has 0 saturated heterocycles. The molecule has 1 aliphatic rings. The van der Waals surface area contributed by atoms with E-state index in [2.05, 4.69) is 10.1 Å². The summed E-state index contributed by atoms with van der Waals surface area (Å²) in [6.45, 7) is 0. The normalized spacial score (nSPS) is 14.3. The van der Waals surface area contributed by atoms with E-state index < -0.39 is 20.7 Å². The second-order valence-corrected chi connectivity index (χ2v) is 6.57. The van der Waals surface area contributed by atoms with Crippen molar-refractivity contribution < 1.29 is 4.84 Å². The van der Waals surface area contributed by atoms with Gasteiger partial charge in [-0.05, 0) is 45.0 Å². The van der Waals surface area contributed by atoms with Crippen molar-refractivity contribution in [2.75, 3.05) is 0 Å². The fourth-order valence-electron chi connectivity index (χ4n) is 1.51. The first kappa shape index (κ1) is 11.8. The highest BCUT2D eigenvalue weighted by atomic mass is 127. The maximum atomic E-state index is 5.98. The van der Waals surface area contributed by atoms with Gasteiger partial charge >= 0.3 is 0 Å². The second-order valence-electron chi connectivity index (χ2n) is 3.59. The van der Waals surface area contributed by atoms with Crippen LogP contribution in [0.1, 0.15) is 11.1 Å². The average molecular weight is 371 g/mol. The Bertz CT molecular complexity index is 640. The van der Waals surface area contributed by atoms with Gasteiger partial charge in [0.2, 0.25) is 0 Å². The number of rotatable bonds is 2. The summed E-state index contributed by atoms with van der Waals surface area (Å²) in [5.74, 6) is 0. The first-order chi connectivity index (χ1) is 8.83. The van der Waals surface area contributed by atoms with Crippen LogP contribution in [-0.2, 0) is 4.84 Å². The molecule has 0 amide bonds. The van der Waals surface area contributed by atoms with Crippen LogP contribution in [0, 0.1) is 0 Å². The zero-order valence-electron chi connectivity index (χ0n) is 9.18. The van der Waals surface area contributed by atoms with Crippen LogP contribution in [0.25, 0.3) is 0 Å². The summed E-state index contributed by atoms with van der Waals surface area (Å²) in [6.07, 6.45) is 3.51. The minimum Gasteiger partial charge on any atom is -0.349 e. The van der Waals surface area contributed by atoms with E-state index in [1.807, 2.05) is 36.4 Å². The smallest absolute Gasteiger partial charge is 0.198 e. The number of halogens is 2. The van der Waals surface area contributed by atoms with Crippen LogP contribution >= 0.6 is 32.3 Å². The van der Waals surface area contributed by atoms with Gasteiger partial charge in [0.1, 0.15) is 3.72 Å². The van der Waals surface area contributed by atoms with Crippen molar-refractivity contribution >= 4 is 39.7 Å². The topological polar surface area (TPSA) is 34.5 Å². The van der Waals surface area contributed by atoms with Crippen LogP contribution in [0.15, 0.2) is 53.9 Å². The first-order valence-electron chi connectivity index (χ1n) is 5.26. The van der Waals surface area contributed by atoms with Gasteiger partial charge in [-0.1, -0.05) is 28.9 Å². The van der Waals surface area contributed by atoms with Crippen molar-refractivity contribution in [2.24, 2.45) is 5.16 Å². The molecule has 0 unspecified atom stereocenters. The standard InChI is InChI=1S/C13H8ClIN2O/c14-11-3-1-2-10(8-11)12-15-13(18-17-12)9-4-6-16-7-5-9/h1-8H. The molecule has 0 fully saturated rings. The highest BCUT2D eigenvalue weighted by molar-refractivity contribution is 14.2. The third-order valence-electron chi connectivity index (χ3n) is 2.35. The highest BCUT2D eigenvalue weighted by Gasteiger charge is 2.15. The summed E-state index contributed by atoms with van der Waals surface area (Å²) in [7, 11) is 0. The SMILES string of the molecule is Clc1cccc(C2=NOC(c3ccncc3)=I2)c1. The Morgan fingerprint density at radius 2 is 1.89 bits per heavy atom. The lowest BCUT2D eigenvalue weighted by Crippen LogP contribution is -1.95. The molecule has 0 bridgehead atoms. The molecule has 0 aliphatic carbocycles. The molecule has 5 heteroatoms. The summed E-state index contributed by atoms with van der Waals surface area (Å²) >= 11 is 5.58. The van der Waals surface area contributed by atoms with Crippen molar-refractivity contribution in [3.05, 3.63) is 64.9 Å². The molecule has 0 radical (unpaired) electrons. The lowest BCUT2D eigenvalue weighted by Gasteiger charge is -1.96. The molecule has 0 atom stereocenters. The number of oxime groups is 1. The number of aromatic nitrogens is 1. The van der Waals surface area contributed by atoms with E-state index in [1.54, 1.807) is 12.4 Å². The van der Waals surface area contributed by atoms with E-state index in [-0.39, 0.29) is 0 Å². The largest absolute Gasteiger partial charge is 0.349 e. The van der Waals surface area contributed by atoms with E-state index in [0.29, 0.717) is 0 Å². The lowest BCUT2D eigenvalue weighted by atomic mass is 10.2. The Kier molecular flexibility index (Phi) is 3.38. The van der Waals surface area contributed by atoms with Gasteiger partial charge in [-0.25, -0.2) is 0 Å². The molecular formula is C13H8ClIN2O. The number of benzene rings is 1.